The summed E-state index contributed by atoms with van der Waals surface area (Å²) in [7, 11) is 0. The van der Waals surface area contributed by atoms with E-state index in [1.54, 1.807) is 4.68 Å². The van der Waals surface area contributed by atoms with Crippen molar-refractivity contribution in [1.82, 2.24) is 9.78 Å². The SMILES string of the molecule is CCc1nn(CC)c(CC(=O)C2COCCO2)c1Cl. The summed E-state index contributed by atoms with van der Waals surface area (Å²) in [6.07, 6.45) is 0.527. The van der Waals surface area contributed by atoms with Crippen LogP contribution in [0, 0.1) is 0 Å². The smallest absolute Gasteiger partial charge is 0.169 e. The molecule has 1 unspecified atom stereocenters. The van der Waals surface area contributed by atoms with Crippen LogP contribution in [0.2, 0.25) is 5.02 Å². The summed E-state index contributed by atoms with van der Waals surface area (Å²) >= 11 is 6.28. The van der Waals surface area contributed by atoms with Gasteiger partial charge in [0.2, 0.25) is 0 Å². The minimum absolute atomic E-state index is 0.00106. The summed E-state index contributed by atoms with van der Waals surface area (Å²) < 4.78 is 12.5. The molecule has 0 amide bonds. The lowest BCUT2D eigenvalue weighted by atomic mass is 10.1. The number of carbonyl (C=O) groups excluding carboxylic acids is 1. The highest BCUT2D eigenvalue weighted by Crippen LogP contribution is 2.23. The van der Waals surface area contributed by atoms with Gasteiger partial charge in [-0.05, 0) is 13.3 Å². The number of Topliss-reactive ketones (excluding diaryl/α,β-unsaturated/α-hetero) is 1. The Morgan fingerprint density at radius 2 is 2.26 bits per heavy atom. The van der Waals surface area contributed by atoms with Crippen molar-refractivity contribution < 1.29 is 14.3 Å². The first-order valence-corrected chi connectivity index (χ1v) is 7.01. The molecule has 0 radical (unpaired) electrons. The number of halogens is 1. The van der Waals surface area contributed by atoms with E-state index in [0.717, 1.165) is 17.8 Å². The summed E-state index contributed by atoms with van der Waals surface area (Å²) in [6, 6.07) is 0. The van der Waals surface area contributed by atoms with Gasteiger partial charge in [-0.2, -0.15) is 5.10 Å². The van der Waals surface area contributed by atoms with E-state index in [0.29, 0.717) is 31.4 Å². The van der Waals surface area contributed by atoms with Gasteiger partial charge in [-0.3, -0.25) is 9.48 Å². The molecule has 0 N–H and O–H groups in total. The normalized spacial score (nSPS) is 19.6. The van der Waals surface area contributed by atoms with Crippen LogP contribution in [0.5, 0.6) is 0 Å². The van der Waals surface area contributed by atoms with Gasteiger partial charge in [-0.15, -0.1) is 0 Å². The molecule has 1 aromatic rings. The Bertz CT molecular complexity index is 453. The van der Waals surface area contributed by atoms with Gasteiger partial charge in [-0.25, -0.2) is 0 Å². The molecule has 1 atom stereocenters. The number of aryl methyl sites for hydroxylation is 2. The topological polar surface area (TPSA) is 53.4 Å². The number of hydrogen-bond donors (Lipinski definition) is 0. The highest BCUT2D eigenvalue weighted by atomic mass is 35.5. The highest BCUT2D eigenvalue weighted by Gasteiger charge is 2.25. The van der Waals surface area contributed by atoms with Gasteiger partial charge in [0.05, 0.1) is 42.7 Å². The number of nitrogens with zero attached hydrogens (tertiary/aromatic N) is 2. The maximum atomic E-state index is 12.2. The molecule has 1 aromatic heterocycles. The monoisotopic (exact) mass is 286 g/mol. The van der Waals surface area contributed by atoms with E-state index in [4.69, 9.17) is 21.1 Å². The fourth-order valence-corrected chi connectivity index (χ4v) is 2.47. The number of ether oxygens (including phenoxy) is 2. The second kappa shape index (κ2) is 6.50. The zero-order valence-corrected chi connectivity index (χ0v) is 12.1. The van der Waals surface area contributed by atoms with Gasteiger partial charge < -0.3 is 9.47 Å². The van der Waals surface area contributed by atoms with Crippen LogP contribution in [0.4, 0.5) is 0 Å². The standard InChI is InChI=1S/C13H19ClN2O3/c1-3-9-13(14)10(16(4-2)15-9)7-11(17)12-8-18-5-6-19-12/h12H,3-8H2,1-2H3. The molecule has 0 saturated carbocycles. The second-order valence-corrected chi connectivity index (χ2v) is 4.83. The summed E-state index contributed by atoms with van der Waals surface area (Å²) in [5, 5.41) is 5.01. The second-order valence-electron chi connectivity index (χ2n) is 4.45. The Kier molecular flexibility index (Phi) is 4.96. The van der Waals surface area contributed by atoms with Gasteiger partial charge in [0.1, 0.15) is 6.10 Å². The Morgan fingerprint density at radius 3 is 2.84 bits per heavy atom. The number of aromatic nitrogens is 2. The van der Waals surface area contributed by atoms with Crippen molar-refractivity contribution in [3.63, 3.8) is 0 Å². The molecule has 5 nitrogen and oxygen atoms in total. The molecule has 0 aromatic carbocycles. The third kappa shape index (κ3) is 3.16. The van der Waals surface area contributed by atoms with Crippen molar-refractivity contribution in [2.75, 3.05) is 19.8 Å². The van der Waals surface area contributed by atoms with Crippen LogP contribution in [0.3, 0.4) is 0 Å². The summed E-state index contributed by atoms with van der Waals surface area (Å²) in [4.78, 5) is 12.2. The van der Waals surface area contributed by atoms with Gasteiger partial charge in [0.25, 0.3) is 0 Å². The predicted molar refractivity (Wildman–Crippen MR) is 71.6 cm³/mol. The molecule has 0 aliphatic carbocycles. The molecule has 0 spiro atoms. The van der Waals surface area contributed by atoms with Crippen molar-refractivity contribution in [3.8, 4) is 0 Å². The number of hydrogen-bond acceptors (Lipinski definition) is 4. The average molecular weight is 287 g/mol. The van der Waals surface area contributed by atoms with Crippen LogP contribution in [-0.4, -0.2) is 41.5 Å². The van der Waals surface area contributed by atoms with Gasteiger partial charge >= 0.3 is 0 Å². The minimum atomic E-state index is -0.477. The highest BCUT2D eigenvalue weighted by molar-refractivity contribution is 6.32. The van der Waals surface area contributed by atoms with Crippen LogP contribution < -0.4 is 0 Å². The molecule has 2 rings (SSSR count). The lowest BCUT2D eigenvalue weighted by Crippen LogP contribution is -2.36. The third-order valence-corrected chi connectivity index (χ3v) is 3.65. The van der Waals surface area contributed by atoms with E-state index in [9.17, 15) is 4.79 Å². The van der Waals surface area contributed by atoms with E-state index >= 15 is 0 Å². The van der Waals surface area contributed by atoms with Crippen LogP contribution in [0.1, 0.15) is 25.2 Å². The number of rotatable bonds is 5. The van der Waals surface area contributed by atoms with E-state index in [2.05, 4.69) is 5.10 Å². The lowest BCUT2D eigenvalue weighted by Gasteiger charge is -2.21. The van der Waals surface area contributed by atoms with E-state index in [-0.39, 0.29) is 12.2 Å². The van der Waals surface area contributed by atoms with E-state index in [1.165, 1.54) is 0 Å². The Labute approximate surface area is 117 Å². The fraction of sp³-hybridized carbons (Fsp3) is 0.692. The Hall–Kier alpha value is -0.910. The zero-order valence-electron chi connectivity index (χ0n) is 11.3. The molecule has 0 bridgehead atoms. The zero-order chi connectivity index (χ0) is 13.8. The molecule has 1 saturated heterocycles. The molecule has 6 heteroatoms. The molecule has 2 heterocycles. The molecule has 1 fully saturated rings. The Morgan fingerprint density at radius 1 is 1.47 bits per heavy atom. The van der Waals surface area contributed by atoms with Gasteiger partial charge in [0.15, 0.2) is 5.78 Å². The summed E-state index contributed by atoms with van der Waals surface area (Å²) in [6.45, 7) is 6.03. The van der Waals surface area contributed by atoms with Crippen molar-refractivity contribution >= 4 is 17.4 Å². The first-order chi connectivity index (χ1) is 9.17. The largest absolute Gasteiger partial charge is 0.376 e. The van der Waals surface area contributed by atoms with Crippen molar-refractivity contribution in [2.24, 2.45) is 0 Å². The first kappa shape index (κ1) is 14.5. The van der Waals surface area contributed by atoms with Crippen molar-refractivity contribution in [2.45, 2.75) is 39.3 Å². The Balaban J connectivity index is 2.13. The minimum Gasteiger partial charge on any atom is -0.376 e. The number of carbonyl (C=O) groups is 1. The van der Waals surface area contributed by atoms with Crippen LogP contribution in [-0.2, 0) is 33.7 Å². The number of ketones is 1. The summed E-state index contributed by atoms with van der Waals surface area (Å²) in [5.74, 6) is -0.00106. The molecular formula is C13H19ClN2O3. The van der Waals surface area contributed by atoms with Crippen LogP contribution in [0.25, 0.3) is 0 Å². The quantitative estimate of drug-likeness (QED) is 0.826. The van der Waals surface area contributed by atoms with Crippen molar-refractivity contribution in [1.29, 1.82) is 0 Å². The van der Waals surface area contributed by atoms with Crippen molar-refractivity contribution in [3.05, 3.63) is 16.4 Å². The lowest BCUT2D eigenvalue weighted by molar-refractivity contribution is -0.144. The maximum absolute atomic E-state index is 12.2. The van der Waals surface area contributed by atoms with E-state index in [1.807, 2.05) is 13.8 Å². The van der Waals surface area contributed by atoms with E-state index < -0.39 is 6.10 Å². The summed E-state index contributed by atoms with van der Waals surface area (Å²) in [5.41, 5.74) is 1.62. The average Bonchev–Trinajstić information content (AvgIpc) is 2.76. The van der Waals surface area contributed by atoms with Gasteiger partial charge in [0, 0.05) is 6.54 Å². The fourth-order valence-electron chi connectivity index (χ4n) is 2.14. The molecule has 106 valence electrons. The molecule has 1 aliphatic rings. The molecular weight excluding hydrogens is 268 g/mol. The maximum Gasteiger partial charge on any atom is 0.169 e. The predicted octanol–water partition coefficient (Wildman–Crippen LogP) is 1.65. The third-order valence-electron chi connectivity index (χ3n) is 3.21. The van der Waals surface area contributed by atoms with Crippen LogP contribution in [0.15, 0.2) is 0 Å². The first-order valence-electron chi connectivity index (χ1n) is 6.63. The van der Waals surface area contributed by atoms with Gasteiger partial charge in [-0.1, -0.05) is 18.5 Å². The molecule has 19 heavy (non-hydrogen) atoms. The molecule has 1 aliphatic heterocycles. The van der Waals surface area contributed by atoms with Crippen LogP contribution >= 0.6 is 11.6 Å².